The van der Waals surface area contributed by atoms with E-state index in [1.807, 2.05) is 13.0 Å². The molecule has 2 aliphatic rings. The van der Waals surface area contributed by atoms with Crippen LogP contribution in [0, 0.1) is 5.92 Å². The van der Waals surface area contributed by atoms with Gasteiger partial charge < -0.3 is 5.11 Å². The molecule has 0 spiro atoms. The van der Waals surface area contributed by atoms with Gasteiger partial charge in [-0.1, -0.05) is 65.0 Å². The molecule has 1 unspecified atom stereocenters. The van der Waals surface area contributed by atoms with Gasteiger partial charge in [0.25, 0.3) is 0 Å². The normalized spacial score (nSPS) is 29.5. The Labute approximate surface area is 159 Å². The molecule has 3 rings (SSSR count). The Bertz CT molecular complexity index is 801. The van der Waals surface area contributed by atoms with Crippen LogP contribution in [0.2, 0.25) is 0 Å². The van der Waals surface area contributed by atoms with Crippen LogP contribution in [-0.4, -0.2) is 11.1 Å². The number of allylic oxidation sites excluding steroid dienone is 3. The summed E-state index contributed by atoms with van der Waals surface area (Å²) in [7, 11) is 0. The Kier molecular flexibility index (Phi) is 4.45. The van der Waals surface area contributed by atoms with Crippen LogP contribution in [0.1, 0.15) is 78.9 Å². The quantitative estimate of drug-likeness (QED) is 0.520. The maximum atomic E-state index is 10.8. The molecule has 1 aromatic carbocycles. The van der Waals surface area contributed by atoms with Crippen LogP contribution in [0.3, 0.4) is 0 Å². The molecule has 2 nitrogen and oxygen atoms in total. The summed E-state index contributed by atoms with van der Waals surface area (Å²) >= 11 is 0. The average molecular weight is 355 g/mol. The standard InChI is InChI=1S/C24H32O2.H2/c1-16(13-21(25)26)7-8-18-15-24(18,6)17-9-10-19-20(14-17)23(4,5)12-11-22(19,2)3;/h7-10,13-14,18H,11-12,15H2,1-6H3,(H,25,26);1H/b8-7+,16-13+;/t18?,24-;/m1./s1. The lowest BCUT2D eigenvalue weighted by Gasteiger charge is -2.42. The van der Waals surface area contributed by atoms with Gasteiger partial charge in [0.15, 0.2) is 0 Å². The molecule has 2 atom stereocenters. The summed E-state index contributed by atoms with van der Waals surface area (Å²) in [5.41, 5.74) is 5.91. The van der Waals surface area contributed by atoms with E-state index in [1.165, 1.54) is 35.6 Å². The largest absolute Gasteiger partial charge is 0.478 e. The first-order chi connectivity index (χ1) is 12.0. The predicted molar refractivity (Wildman–Crippen MR) is 110 cm³/mol. The number of rotatable bonds is 4. The minimum absolute atomic E-state index is 0. The van der Waals surface area contributed by atoms with Crippen LogP contribution < -0.4 is 0 Å². The molecule has 142 valence electrons. The number of hydrogen-bond donors (Lipinski definition) is 1. The molecule has 1 aromatic rings. The minimum Gasteiger partial charge on any atom is -0.478 e. The Morgan fingerprint density at radius 3 is 2.35 bits per heavy atom. The van der Waals surface area contributed by atoms with Gasteiger partial charge in [-0.15, -0.1) is 0 Å². The fraction of sp³-hybridized carbons (Fsp3) is 0.542. The summed E-state index contributed by atoms with van der Waals surface area (Å²) in [4.78, 5) is 10.8. The van der Waals surface area contributed by atoms with Crippen LogP contribution in [0.4, 0.5) is 0 Å². The third kappa shape index (κ3) is 3.39. The second-order valence-corrected chi connectivity index (χ2v) is 9.84. The number of benzene rings is 1. The van der Waals surface area contributed by atoms with Crippen molar-refractivity contribution in [2.45, 2.75) is 77.0 Å². The first-order valence-electron chi connectivity index (χ1n) is 9.71. The molecule has 1 fully saturated rings. The molecular weight excluding hydrogens is 320 g/mol. The number of aliphatic carboxylic acids is 1. The Balaban J connectivity index is 0.00000261. The van der Waals surface area contributed by atoms with E-state index in [2.05, 4.69) is 58.9 Å². The summed E-state index contributed by atoms with van der Waals surface area (Å²) in [6, 6.07) is 7.16. The van der Waals surface area contributed by atoms with Crippen molar-refractivity contribution in [3.05, 3.63) is 58.7 Å². The highest BCUT2D eigenvalue weighted by atomic mass is 16.4. The second-order valence-electron chi connectivity index (χ2n) is 9.84. The number of fused-ring (bicyclic) bond motifs is 1. The van der Waals surface area contributed by atoms with Gasteiger partial charge >= 0.3 is 5.97 Å². The molecule has 0 bridgehead atoms. The molecule has 0 heterocycles. The summed E-state index contributed by atoms with van der Waals surface area (Å²) in [5.74, 6) is -0.400. The van der Waals surface area contributed by atoms with Crippen LogP contribution in [0.25, 0.3) is 0 Å². The van der Waals surface area contributed by atoms with Crippen molar-refractivity contribution in [2.75, 3.05) is 0 Å². The van der Waals surface area contributed by atoms with Gasteiger partial charge in [-0.05, 0) is 70.6 Å². The van der Waals surface area contributed by atoms with Crippen LogP contribution >= 0.6 is 0 Å². The van der Waals surface area contributed by atoms with Crippen molar-refractivity contribution in [3.8, 4) is 0 Å². The molecule has 0 saturated heterocycles. The summed E-state index contributed by atoms with van der Waals surface area (Å²) in [6.07, 6.45) is 9.00. The molecule has 2 aliphatic carbocycles. The maximum Gasteiger partial charge on any atom is 0.328 e. The molecule has 26 heavy (non-hydrogen) atoms. The monoisotopic (exact) mass is 354 g/mol. The Morgan fingerprint density at radius 1 is 1.12 bits per heavy atom. The van der Waals surface area contributed by atoms with Crippen molar-refractivity contribution in [2.24, 2.45) is 5.92 Å². The lowest BCUT2D eigenvalue weighted by molar-refractivity contribution is -0.131. The van der Waals surface area contributed by atoms with Crippen LogP contribution in [0.15, 0.2) is 42.0 Å². The fourth-order valence-corrected chi connectivity index (χ4v) is 4.46. The average Bonchev–Trinajstić information content (AvgIpc) is 3.21. The number of carbonyl (C=O) groups is 1. The molecule has 1 N–H and O–H groups in total. The number of hydrogen-bond acceptors (Lipinski definition) is 1. The highest BCUT2D eigenvalue weighted by Crippen LogP contribution is 2.56. The van der Waals surface area contributed by atoms with Crippen LogP contribution in [-0.2, 0) is 21.0 Å². The zero-order chi connectivity index (χ0) is 19.3. The molecule has 0 aliphatic heterocycles. The van der Waals surface area contributed by atoms with E-state index in [0.717, 1.165) is 12.0 Å². The van der Waals surface area contributed by atoms with E-state index in [0.29, 0.717) is 5.92 Å². The van der Waals surface area contributed by atoms with Gasteiger partial charge in [0, 0.05) is 7.50 Å². The van der Waals surface area contributed by atoms with Crippen molar-refractivity contribution in [3.63, 3.8) is 0 Å². The van der Waals surface area contributed by atoms with Gasteiger partial charge in [-0.2, -0.15) is 0 Å². The minimum atomic E-state index is -0.884. The van der Waals surface area contributed by atoms with E-state index >= 15 is 0 Å². The second kappa shape index (κ2) is 6.11. The lowest BCUT2D eigenvalue weighted by Crippen LogP contribution is -2.34. The van der Waals surface area contributed by atoms with Crippen molar-refractivity contribution < 1.29 is 11.3 Å². The summed E-state index contributed by atoms with van der Waals surface area (Å²) < 4.78 is 0. The Hall–Kier alpha value is -1.83. The van der Waals surface area contributed by atoms with Gasteiger partial charge in [-0.3, -0.25) is 0 Å². The molecule has 0 aromatic heterocycles. The molecule has 2 heteroatoms. The van der Waals surface area contributed by atoms with E-state index in [9.17, 15) is 4.79 Å². The van der Waals surface area contributed by atoms with Crippen molar-refractivity contribution in [1.82, 2.24) is 0 Å². The topological polar surface area (TPSA) is 37.3 Å². The van der Waals surface area contributed by atoms with Crippen molar-refractivity contribution in [1.29, 1.82) is 0 Å². The molecule has 1 saturated carbocycles. The van der Waals surface area contributed by atoms with Gasteiger partial charge in [0.2, 0.25) is 0 Å². The molecule has 0 radical (unpaired) electrons. The summed E-state index contributed by atoms with van der Waals surface area (Å²) in [6.45, 7) is 13.6. The van der Waals surface area contributed by atoms with E-state index in [-0.39, 0.29) is 17.7 Å². The highest BCUT2D eigenvalue weighted by molar-refractivity contribution is 5.81. The third-order valence-electron chi connectivity index (χ3n) is 6.76. The van der Waals surface area contributed by atoms with Gasteiger partial charge in [-0.25, -0.2) is 4.79 Å². The first-order valence-corrected chi connectivity index (χ1v) is 9.71. The maximum absolute atomic E-state index is 10.8. The first kappa shape index (κ1) is 18.9. The van der Waals surface area contributed by atoms with E-state index < -0.39 is 5.97 Å². The highest BCUT2D eigenvalue weighted by Gasteiger charge is 2.50. The van der Waals surface area contributed by atoms with Crippen LogP contribution in [0.5, 0.6) is 0 Å². The third-order valence-corrected chi connectivity index (χ3v) is 6.76. The fourth-order valence-electron chi connectivity index (χ4n) is 4.46. The van der Waals surface area contributed by atoms with E-state index in [1.54, 1.807) is 0 Å². The Morgan fingerprint density at radius 2 is 1.73 bits per heavy atom. The van der Waals surface area contributed by atoms with E-state index in [4.69, 9.17) is 5.11 Å². The molecule has 0 amide bonds. The van der Waals surface area contributed by atoms with Gasteiger partial charge in [0.05, 0.1) is 0 Å². The smallest absolute Gasteiger partial charge is 0.328 e. The number of carboxylic acid groups (broad SMARTS) is 1. The van der Waals surface area contributed by atoms with Gasteiger partial charge in [0.1, 0.15) is 0 Å². The number of carboxylic acids is 1. The lowest BCUT2D eigenvalue weighted by atomic mass is 9.62. The molecular formula is C24H34O2. The predicted octanol–water partition coefficient (Wildman–Crippen LogP) is 6.15. The SMILES string of the molecule is CC(/C=C/C1C[C@]1(C)c1ccc2c(c1)C(C)(C)CCC2(C)C)=C\C(=O)O.[HH]. The zero-order valence-corrected chi connectivity index (χ0v) is 17.0. The van der Waals surface area contributed by atoms with Crippen molar-refractivity contribution >= 4 is 5.97 Å². The summed E-state index contributed by atoms with van der Waals surface area (Å²) in [5, 5.41) is 8.84. The zero-order valence-electron chi connectivity index (χ0n) is 17.0.